The summed E-state index contributed by atoms with van der Waals surface area (Å²) in [6.45, 7) is 7.15. The number of ether oxygens (including phenoxy) is 2. The Hall–Kier alpha value is -2.83. The van der Waals surface area contributed by atoms with Crippen molar-refractivity contribution in [3.05, 3.63) is 63.4 Å². The molecule has 1 aliphatic heterocycles. The molecule has 0 bridgehead atoms. The molecular weight excluding hydrogens is 536 g/mol. The van der Waals surface area contributed by atoms with Gasteiger partial charge in [0, 0.05) is 12.2 Å². The van der Waals surface area contributed by atoms with Crippen LogP contribution in [0, 0.1) is 5.92 Å². The topological polar surface area (TPSA) is 158 Å². The first-order valence-corrected chi connectivity index (χ1v) is 13.9. The number of carbonyl (C=O) groups is 1. The van der Waals surface area contributed by atoms with E-state index in [0.29, 0.717) is 4.57 Å². The third-order valence-corrected chi connectivity index (χ3v) is 7.28. The Morgan fingerprint density at radius 1 is 1.31 bits per heavy atom. The van der Waals surface area contributed by atoms with Crippen molar-refractivity contribution in [1.82, 2.24) is 14.6 Å². The van der Waals surface area contributed by atoms with Crippen molar-refractivity contribution in [1.29, 1.82) is 0 Å². The second-order valence-corrected chi connectivity index (χ2v) is 11.7. The van der Waals surface area contributed by atoms with Gasteiger partial charge in [-0.05, 0) is 45.2 Å². The molecule has 2 aromatic rings. The van der Waals surface area contributed by atoms with Crippen LogP contribution in [0.15, 0.2) is 52.1 Å². The van der Waals surface area contributed by atoms with Crippen LogP contribution in [0.4, 0.5) is 4.39 Å². The number of aliphatic hydroxyl groups excluding tert-OH is 1. The number of hydrogen-bond acceptors (Lipinski definition) is 9. The number of para-hydroxylation sites is 1. The maximum atomic E-state index is 15.7. The van der Waals surface area contributed by atoms with Gasteiger partial charge in [0.1, 0.15) is 24.0 Å². The fraction of sp³-hybridized carbons (Fsp3) is 0.560. The summed E-state index contributed by atoms with van der Waals surface area (Å²) in [7, 11) is -4.44. The normalized spacial score (nSPS) is 26.1. The van der Waals surface area contributed by atoms with Gasteiger partial charge >= 0.3 is 19.4 Å². The van der Waals surface area contributed by atoms with Crippen LogP contribution in [0.2, 0.25) is 0 Å². The largest absolute Gasteiger partial charge is 0.462 e. The molecule has 14 heteroatoms. The number of aromatic nitrogens is 2. The number of nitrogens with zero attached hydrogens (tertiary/aromatic N) is 1. The predicted molar refractivity (Wildman–Crippen MR) is 139 cm³/mol. The Morgan fingerprint density at radius 3 is 2.59 bits per heavy atom. The monoisotopic (exact) mass is 573 g/mol. The molecule has 216 valence electrons. The third kappa shape index (κ3) is 7.86. The van der Waals surface area contributed by atoms with E-state index in [0.717, 1.165) is 6.92 Å². The number of carbonyl (C=O) groups excluding carboxylic acids is 1. The third-order valence-electron chi connectivity index (χ3n) is 5.72. The number of aliphatic hydroxyl groups is 1. The molecule has 2 unspecified atom stereocenters. The summed E-state index contributed by atoms with van der Waals surface area (Å²) < 4.78 is 67.8. The first kappa shape index (κ1) is 27.7. The highest BCUT2D eigenvalue weighted by molar-refractivity contribution is 7.52. The second-order valence-electron chi connectivity index (χ2n) is 9.98. The summed E-state index contributed by atoms with van der Waals surface area (Å²) in [6, 6.07) is 5.88. The highest BCUT2D eigenvalue weighted by Crippen LogP contribution is 2.47. The van der Waals surface area contributed by atoms with Crippen molar-refractivity contribution in [2.45, 2.75) is 77.3 Å². The highest BCUT2D eigenvalue weighted by Gasteiger charge is 2.56. The van der Waals surface area contributed by atoms with Gasteiger partial charge in [0.05, 0.1) is 15.5 Å². The Balaban J connectivity index is 1.90. The number of hydrogen-bond donors (Lipinski definition) is 3. The van der Waals surface area contributed by atoms with Crippen molar-refractivity contribution in [3.63, 3.8) is 0 Å². The lowest BCUT2D eigenvalue weighted by atomic mass is 9.98. The Kier molecular flexibility index (Phi) is 8.93. The average Bonchev–Trinajstić information content (AvgIpc) is 3.09. The van der Waals surface area contributed by atoms with Crippen LogP contribution in [0.3, 0.4) is 0 Å². The fourth-order valence-corrected chi connectivity index (χ4v) is 5.42. The Labute approximate surface area is 227 Å². The summed E-state index contributed by atoms with van der Waals surface area (Å²) >= 11 is 0. The molecule has 3 N–H and O–H groups in total. The smallest absolute Gasteiger partial charge is 0.459 e. The van der Waals surface area contributed by atoms with E-state index in [1.807, 2.05) is 13.8 Å². The average molecular weight is 574 g/mol. The first-order valence-electron chi connectivity index (χ1n) is 13.4. The van der Waals surface area contributed by atoms with Crippen molar-refractivity contribution >= 4 is 13.7 Å². The van der Waals surface area contributed by atoms with Gasteiger partial charge in [0.15, 0.2) is 11.9 Å². The zero-order chi connectivity index (χ0) is 30.7. The number of esters is 1. The first-order chi connectivity index (χ1) is 19.1. The minimum atomic E-state index is -4.44. The Morgan fingerprint density at radius 2 is 1.97 bits per heavy atom. The molecule has 1 aromatic carbocycles. The number of H-pyrrole nitrogens is 1. The molecule has 1 fully saturated rings. The van der Waals surface area contributed by atoms with Crippen molar-refractivity contribution < 1.29 is 40.1 Å². The molecule has 0 saturated carbocycles. The van der Waals surface area contributed by atoms with E-state index in [1.165, 1.54) is 12.1 Å². The van der Waals surface area contributed by atoms with Crippen LogP contribution >= 0.6 is 7.75 Å². The summed E-state index contributed by atoms with van der Waals surface area (Å²) in [6.07, 6.45) is -6.66. The zero-order valence-corrected chi connectivity index (χ0v) is 23.1. The van der Waals surface area contributed by atoms with E-state index in [4.69, 9.17) is 21.3 Å². The molecule has 6 atom stereocenters. The predicted octanol–water partition coefficient (Wildman–Crippen LogP) is 2.68. The lowest BCUT2D eigenvalue weighted by molar-refractivity contribution is -0.150. The quantitative estimate of drug-likeness (QED) is 0.255. The van der Waals surface area contributed by atoms with E-state index < -0.39 is 80.0 Å². The molecule has 39 heavy (non-hydrogen) atoms. The Bertz CT molecular complexity index is 1390. The molecule has 0 aliphatic carbocycles. The van der Waals surface area contributed by atoms with Gasteiger partial charge in [-0.2, -0.15) is 5.09 Å². The number of aromatic amines is 1. The number of nitrogens with one attached hydrogen (secondary N) is 2. The van der Waals surface area contributed by atoms with Crippen molar-refractivity contribution in [2.24, 2.45) is 5.92 Å². The maximum Gasteiger partial charge on any atom is 0.459 e. The van der Waals surface area contributed by atoms with Crippen LogP contribution in [0.1, 0.15) is 50.0 Å². The summed E-state index contributed by atoms with van der Waals surface area (Å²) in [5.41, 5.74) is -5.08. The van der Waals surface area contributed by atoms with Gasteiger partial charge in [0.25, 0.3) is 5.56 Å². The molecular formula is C25H35FN3O9P. The number of benzene rings is 1. The van der Waals surface area contributed by atoms with E-state index >= 15 is 4.39 Å². The van der Waals surface area contributed by atoms with E-state index in [-0.39, 0.29) is 18.1 Å². The van der Waals surface area contributed by atoms with Gasteiger partial charge in [-0.15, -0.1) is 0 Å². The SMILES string of the molecule is [2H]c1c([2H])n([C@@H]2O[C@H](COP(=O)(NC(CC(C)C)C(=O)OC(C)C)Oc3ccccc3)[C@@H](O)[C@@]2(C)F)c(=O)[nH]c1=O. The summed E-state index contributed by atoms with van der Waals surface area (Å²) in [5.74, 6) is -0.622. The number of alkyl halides is 1. The second kappa shape index (κ2) is 12.6. The maximum absolute atomic E-state index is 15.7. The van der Waals surface area contributed by atoms with Crippen LogP contribution in [-0.2, 0) is 23.4 Å². The van der Waals surface area contributed by atoms with E-state index in [2.05, 4.69) is 5.09 Å². The molecule has 1 aromatic heterocycles. The molecule has 0 amide bonds. The standard InChI is InChI=1S/C25H35FN3O9P/c1-15(2)13-18(22(32)36-16(3)4)28-39(34,38-17-9-7-6-8-10-17)35-14-19-21(31)25(5,26)23(37-19)29-12-11-20(30)27-24(29)33/h6-12,15-16,18-19,21,23,31H,13-14H2,1-5H3,(H,28,34)(H,27,30,33)/t18?,19-,21-,23-,25-,39?/m1/s1/i11D,12D. The highest BCUT2D eigenvalue weighted by atomic mass is 31.2. The van der Waals surface area contributed by atoms with Gasteiger partial charge < -0.3 is 19.1 Å². The molecule has 0 radical (unpaired) electrons. The van der Waals surface area contributed by atoms with Crippen molar-refractivity contribution in [3.8, 4) is 5.75 Å². The lowest BCUT2D eigenvalue weighted by Gasteiger charge is -2.27. The van der Waals surface area contributed by atoms with Gasteiger partial charge in [-0.1, -0.05) is 32.0 Å². The van der Waals surface area contributed by atoms with E-state index in [1.54, 1.807) is 37.0 Å². The van der Waals surface area contributed by atoms with Crippen LogP contribution in [-0.4, -0.2) is 57.3 Å². The molecule has 1 aliphatic rings. The summed E-state index contributed by atoms with van der Waals surface area (Å²) in [5, 5.41) is 13.3. The molecule has 12 nitrogen and oxygen atoms in total. The van der Waals surface area contributed by atoms with Crippen LogP contribution in [0.5, 0.6) is 5.75 Å². The molecule has 3 rings (SSSR count). The summed E-state index contributed by atoms with van der Waals surface area (Å²) in [4.78, 5) is 38.7. The number of halogens is 1. The fourth-order valence-electron chi connectivity index (χ4n) is 3.90. The molecule has 1 saturated heterocycles. The van der Waals surface area contributed by atoms with Gasteiger partial charge in [-0.3, -0.25) is 23.7 Å². The van der Waals surface area contributed by atoms with E-state index in [9.17, 15) is 24.1 Å². The van der Waals surface area contributed by atoms with Crippen LogP contribution in [0.25, 0.3) is 0 Å². The van der Waals surface area contributed by atoms with Crippen LogP contribution < -0.4 is 20.9 Å². The minimum Gasteiger partial charge on any atom is -0.462 e. The molecule has 0 spiro atoms. The molecule has 2 heterocycles. The zero-order valence-electron chi connectivity index (χ0n) is 24.3. The van der Waals surface area contributed by atoms with Crippen molar-refractivity contribution in [2.75, 3.05) is 6.61 Å². The van der Waals surface area contributed by atoms with Gasteiger partial charge in [0.2, 0.25) is 0 Å². The number of rotatable bonds is 12. The lowest BCUT2D eigenvalue weighted by Crippen LogP contribution is -2.44. The van der Waals surface area contributed by atoms with Gasteiger partial charge in [-0.25, -0.2) is 13.8 Å². The minimum absolute atomic E-state index is 0.0398.